The molecule has 0 saturated carbocycles. The predicted molar refractivity (Wildman–Crippen MR) is 170 cm³/mol. The summed E-state index contributed by atoms with van der Waals surface area (Å²) in [5.41, 5.74) is 5.90. The molecule has 0 N–H and O–H groups in total. The minimum atomic E-state index is 0.0308. The molecule has 8 rings (SSSR count). The van der Waals surface area contributed by atoms with E-state index in [4.69, 9.17) is 0 Å². The van der Waals surface area contributed by atoms with Gasteiger partial charge in [-0.15, -0.1) is 0 Å². The Morgan fingerprint density at radius 1 is 0.463 bits per heavy atom. The van der Waals surface area contributed by atoms with Crippen molar-refractivity contribution >= 4 is 71.4 Å². The number of rotatable bonds is 3. The predicted octanol–water partition coefficient (Wildman–Crippen LogP) is 9.24. The van der Waals surface area contributed by atoms with Crippen molar-refractivity contribution in [2.75, 3.05) is 4.90 Å². The highest BCUT2D eigenvalue weighted by molar-refractivity contribution is 6.26. The summed E-state index contributed by atoms with van der Waals surface area (Å²) in [6.07, 6.45) is 7.26. The van der Waals surface area contributed by atoms with Crippen molar-refractivity contribution < 1.29 is 0 Å². The molecule has 0 spiro atoms. The fourth-order valence-corrected chi connectivity index (χ4v) is 6.35. The van der Waals surface area contributed by atoms with Crippen LogP contribution in [-0.4, -0.2) is 19.9 Å². The van der Waals surface area contributed by atoms with E-state index in [0.717, 1.165) is 27.8 Å². The van der Waals surface area contributed by atoms with Gasteiger partial charge in [0.15, 0.2) is 11.3 Å². The quantitative estimate of drug-likeness (QED) is 0.214. The van der Waals surface area contributed by atoms with Crippen molar-refractivity contribution in [3.05, 3.63) is 115 Å². The van der Waals surface area contributed by atoms with Gasteiger partial charge in [0.1, 0.15) is 0 Å². The lowest BCUT2D eigenvalue weighted by molar-refractivity contribution is 0.596. The molecular weight excluding hydrogens is 502 g/mol. The fourth-order valence-electron chi connectivity index (χ4n) is 6.35. The maximum Gasteiger partial charge on any atom is 0.161 e. The zero-order chi connectivity index (χ0) is 27.7. The minimum absolute atomic E-state index is 0.0308. The molecule has 0 bridgehead atoms. The Labute approximate surface area is 237 Å². The van der Waals surface area contributed by atoms with Crippen molar-refractivity contribution in [2.45, 2.75) is 26.2 Å². The van der Waals surface area contributed by atoms with Gasteiger partial charge in [0.05, 0.1) is 17.1 Å². The van der Waals surface area contributed by atoms with Crippen LogP contribution in [0.25, 0.3) is 54.4 Å². The van der Waals surface area contributed by atoms with Crippen LogP contribution in [0, 0.1) is 0 Å². The number of benzene rings is 4. The van der Waals surface area contributed by atoms with Gasteiger partial charge in [0, 0.05) is 40.9 Å². The van der Waals surface area contributed by atoms with E-state index in [9.17, 15) is 0 Å². The molecule has 5 heteroatoms. The van der Waals surface area contributed by atoms with Gasteiger partial charge in [-0.3, -0.25) is 0 Å². The summed E-state index contributed by atoms with van der Waals surface area (Å²) in [7, 11) is 0. The second kappa shape index (κ2) is 8.67. The largest absolute Gasteiger partial charge is 0.308 e. The number of fused-ring (bicyclic) bond motifs is 2. The van der Waals surface area contributed by atoms with Crippen LogP contribution in [0.3, 0.4) is 0 Å². The SMILES string of the molecule is CC(C)(C)c1ccc2ccc3c(N(c4ccnc5ncccc45)c4ccnc5ncccc45)ccc4ccc1c2c43. The first-order valence-corrected chi connectivity index (χ1v) is 13.9. The van der Waals surface area contributed by atoms with Crippen LogP contribution in [0.2, 0.25) is 0 Å². The molecule has 0 fully saturated rings. The monoisotopic (exact) mass is 529 g/mol. The average molecular weight is 530 g/mol. The van der Waals surface area contributed by atoms with Crippen LogP contribution in [-0.2, 0) is 5.41 Å². The zero-order valence-electron chi connectivity index (χ0n) is 23.1. The topological polar surface area (TPSA) is 54.8 Å². The highest BCUT2D eigenvalue weighted by Crippen LogP contribution is 2.47. The average Bonchev–Trinajstić information content (AvgIpc) is 3.00. The third-order valence-corrected chi connectivity index (χ3v) is 8.16. The lowest BCUT2D eigenvalue weighted by atomic mass is 9.81. The van der Waals surface area contributed by atoms with Crippen molar-refractivity contribution in [1.82, 2.24) is 19.9 Å². The summed E-state index contributed by atoms with van der Waals surface area (Å²) in [6.45, 7) is 6.87. The van der Waals surface area contributed by atoms with Gasteiger partial charge >= 0.3 is 0 Å². The second-order valence-electron chi connectivity index (χ2n) is 11.6. The molecule has 4 heterocycles. The third kappa shape index (κ3) is 3.55. The summed E-state index contributed by atoms with van der Waals surface area (Å²) >= 11 is 0. The second-order valence-corrected chi connectivity index (χ2v) is 11.6. The van der Waals surface area contributed by atoms with E-state index in [-0.39, 0.29) is 5.41 Å². The van der Waals surface area contributed by atoms with Crippen LogP contribution in [0.1, 0.15) is 26.3 Å². The van der Waals surface area contributed by atoms with Gasteiger partial charge in [-0.25, -0.2) is 19.9 Å². The Balaban J connectivity index is 1.52. The molecule has 0 radical (unpaired) electrons. The van der Waals surface area contributed by atoms with Gasteiger partial charge in [0.25, 0.3) is 0 Å². The Morgan fingerprint density at radius 3 is 1.56 bits per heavy atom. The van der Waals surface area contributed by atoms with Crippen molar-refractivity contribution in [3.8, 4) is 0 Å². The van der Waals surface area contributed by atoms with Gasteiger partial charge < -0.3 is 4.90 Å². The lowest BCUT2D eigenvalue weighted by Crippen LogP contribution is -2.13. The van der Waals surface area contributed by atoms with Gasteiger partial charge in [-0.1, -0.05) is 63.2 Å². The van der Waals surface area contributed by atoms with E-state index in [0.29, 0.717) is 11.3 Å². The molecule has 196 valence electrons. The number of hydrogen-bond donors (Lipinski definition) is 0. The van der Waals surface area contributed by atoms with E-state index in [2.05, 4.69) is 118 Å². The molecule has 0 amide bonds. The molecule has 5 nitrogen and oxygen atoms in total. The maximum atomic E-state index is 4.57. The van der Waals surface area contributed by atoms with Crippen LogP contribution >= 0.6 is 0 Å². The van der Waals surface area contributed by atoms with E-state index < -0.39 is 0 Å². The molecule has 0 aliphatic rings. The van der Waals surface area contributed by atoms with Crippen molar-refractivity contribution in [3.63, 3.8) is 0 Å². The van der Waals surface area contributed by atoms with E-state index in [1.165, 1.54) is 37.9 Å². The Kier molecular flexibility index (Phi) is 5.01. The number of hydrogen-bond acceptors (Lipinski definition) is 5. The Morgan fingerprint density at radius 2 is 0.951 bits per heavy atom. The zero-order valence-corrected chi connectivity index (χ0v) is 23.1. The van der Waals surface area contributed by atoms with E-state index in [1.807, 2.05) is 24.5 Å². The molecule has 41 heavy (non-hydrogen) atoms. The molecule has 0 unspecified atom stereocenters. The van der Waals surface area contributed by atoms with Crippen LogP contribution in [0.4, 0.5) is 17.1 Å². The summed E-state index contributed by atoms with van der Waals surface area (Å²) in [6, 6.07) is 30.4. The van der Waals surface area contributed by atoms with Crippen LogP contribution in [0.15, 0.2) is 110 Å². The lowest BCUT2D eigenvalue weighted by Gasteiger charge is -2.29. The van der Waals surface area contributed by atoms with E-state index in [1.54, 1.807) is 12.4 Å². The molecule has 0 aliphatic carbocycles. The summed E-state index contributed by atoms with van der Waals surface area (Å²) < 4.78 is 0. The van der Waals surface area contributed by atoms with Crippen LogP contribution in [0.5, 0.6) is 0 Å². The highest BCUT2D eigenvalue weighted by Gasteiger charge is 2.24. The third-order valence-electron chi connectivity index (χ3n) is 8.16. The number of anilines is 3. The van der Waals surface area contributed by atoms with Crippen LogP contribution < -0.4 is 4.90 Å². The molecule has 8 aromatic rings. The molecule has 4 aromatic carbocycles. The fraction of sp³-hybridized carbons (Fsp3) is 0.111. The minimum Gasteiger partial charge on any atom is -0.308 e. The molecule has 0 atom stereocenters. The first kappa shape index (κ1) is 23.7. The summed E-state index contributed by atoms with van der Waals surface area (Å²) in [4.78, 5) is 20.6. The van der Waals surface area contributed by atoms with Crippen molar-refractivity contribution in [2.24, 2.45) is 0 Å². The van der Waals surface area contributed by atoms with Gasteiger partial charge in [0.2, 0.25) is 0 Å². The van der Waals surface area contributed by atoms with Gasteiger partial charge in [-0.05, 0) is 80.4 Å². The van der Waals surface area contributed by atoms with Gasteiger partial charge in [-0.2, -0.15) is 0 Å². The normalized spacial score (nSPS) is 12.3. The summed E-state index contributed by atoms with van der Waals surface area (Å²) in [5.74, 6) is 0. The molecular formula is C36H27N5. The Bertz CT molecular complexity index is 2170. The molecule has 4 aromatic heterocycles. The maximum absolute atomic E-state index is 4.57. The number of nitrogens with zero attached hydrogens (tertiary/aromatic N) is 5. The molecule has 0 aliphatic heterocycles. The standard InChI is InChI=1S/C36H27N5/c1-36(2,3)28-14-10-22-9-13-25-29(15-11-23-8-12-24(28)32(22)33(23)25)41(30-16-20-39-34-26(30)6-4-18-37-34)31-17-21-40-35-27(31)7-5-19-38-35/h4-21H,1-3H3. The molecule has 0 saturated heterocycles. The number of pyridine rings is 4. The summed E-state index contributed by atoms with van der Waals surface area (Å²) in [5, 5.41) is 9.54. The van der Waals surface area contributed by atoms with Crippen molar-refractivity contribution in [1.29, 1.82) is 0 Å². The first-order valence-electron chi connectivity index (χ1n) is 13.9. The first-order chi connectivity index (χ1) is 20.0. The highest BCUT2D eigenvalue weighted by atomic mass is 15.2. The Hall–Kier alpha value is -5.16. The smallest absolute Gasteiger partial charge is 0.161 e. The number of aromatic nitrogens is 4. The van der Waals surface area contributed by atoms with E-state index >= 15 is 0 Å².